The number of amides is 1. The third-order valence-electron chi connectivity index (χ3n) is 3.02. The molecule has 92 valence electrons. The van der Waals surface area contributed by atoms with E-state index >= 15 is 0 Å². The molecular weight excluding hydrogens is 218 g/mol. The molecule has 0 bridgehead atoms. The van der Waals surface area contributed by atoms with Crippen LogP contribution in [-0.4, -0.2) is 48.6 Å². The predicted molar refractivity (Wildman–Crippen MR) is 66.0 cm³/mol. The summed E-state index contributed by atoms with van der Waals surface area (Å²) >= 11 is 0. The first-order chi connectivity index (χ1) is 8.20. The molecule has 1 aromatic carbocycles. The summed E-state index contributed by atoms with van der Waals surface area (Å²) in [5.41, 5.74) is 6.40. The first-order valence-corrected chi connectivity index (χ1v) is 5.72. The van der Waals surface area contributed by atoms with E-state index in [0.29, 0.717) is 13.1 Å². The van der Waals surface area contributed by atoms with Crippen molar-refractivity contribution in [3.63, 3.8) is 0 Å². The van der Waals surface area contributed by atoms with Crippen LogP contribution >= 0.6 is 0 Å². The van der Waals surface area contributed by atoms with Crippen molar-refractivity contribution in [2.45, 2.75) is 0 Å². The Morgan fingerprint density at radius 1 is 1.18 bits per heavy atom. The lowest BCUT2D eigenvalue weighted by Gasteiger charge is -2.36. The first kappa shape index (κ1) is 11.7. The summed E-state index contributed by atoms with van der Waals surface area (Å²) in [6, 6.07) is 7.12. The lowest BCUT2D eigenvalue weighted by atomic mass is 10.2. The molecule has 0 atom stereocenters. The van der Waals surface area contributed by atoms with E-state index in [1.165, 1.54) is 0 Å². The van der Waals surface area contributed by atoms with E-state index in [-0.39, 0.29) is 18.2 Å². The SMILES string of the molecule is NCC(=O)N1CCN(c2ccc(O)cc2)CC1. The Labute approximate surface area is 100 Å². The lowest BCUT2D eigenvalue weighted by Crippen LogP contribution is -2.50. The van der Waals surface area contributed by atoms with Crippen molar-refractivity contribution in [2.24, 2.45) is 5.73 Å². The van der Waals surface area contributed by atoms with Crippen molar-refractivity contribution < 1.29 is 9.90 Å². The van der Waals surface area contributed by atoms with Crippen LogP contribution in [0.3, 0.4) is 0 Å². The van der Waals surface area contributed by atoms with Crippen molar-refractivity contribution in [1.29, 1.82) is 0 Å². The molecule has 1 heterocycles. The molecule has 0 aliphatic carbocycles. The van der Waals surface area contributed by atoms with Gasteiger partial charge in [-0.3, -0.25) is 4.79 Å². The molecule has 0 saturated carbocycles. The second kappa shape index (κ2) is 5.05. The van der Waals surface area contributed by atoms with Gasteiger partial charge in [0.1, 0.15) is 5.75 Å². The van der Waals surface area contributed by atoms with Gasteiger partial charge >= 0.3 is 0 Å². The van der Waals surface area contributed by atoms with Crippen molar-refractivity contribution >= 4 is 11.6 Å². The third-order valence-corrected chi connectivity index (χ3v) is 3.02. The fourth-order valence-corrected chi connectivity index (χ4v) is 2.01. The summed E-state index contributed by atoms with van der Waals surface area (Å²) in [6.45, 7) is 3.10. The van der Waals surface area contributed by atoms with Gasteiger partial charge in [-0.05, 0) is 24.3 Å². The van der Waals surface area contributed by atoms with Crippen LogP contribution in [0.2, 0.25) is 0 Å². The van der Waals surface area contributed by atoms with Gasteiger partial charge < -0.3 is 20.6 Å². The minimum atomic E-state index is 0.00959. The number of carbonyl (C=O) groups is 1. The quantitative estimate of drug-likeness (QED) is 0.757. The molecule has 0 spiro atoms. The fourth-order valence-electron chi connectivity index (χ4n) is 2.01. The number of anilines is 1. The van der Waals surface area contributed by atoms with E-state index in [4.69, 9.17) is 5.73 Å². The number of nitrogens with zero attached hydrogens (tertiary/aromatic N) is 2. The first-order valence-electron chi connectivity index (χ1n) is 5.72. The van der Waals surface area contributed by atoms with Gasteiger partial charge in [-0.25, -0.2) is 0 Å². The highest BCUT2D eigenvalue weighted by Crippen LogP contribution is 2.19. The van der Waals surface area contributed by atoms with Crippen LogP contribution in [0.1, 0.15) is 0 Å². The number of aromatic hydroxyl groups is 1. The van der Waals surface area contributed by atoms with Gasteiger partial charge in [0.05, 0.1) is 6.54 Å². The summed E-state index contributed by atoms with van der Waals surface area (Å²) in [6.07, 6.45) is 0. The summed E-state index contributed by atoms with van der Waals surface area (Å²) in [5, 5.41) is 9.22. The van der Waals surface area contributed by atoms with Crippen molar-refractivity contribution in [3.8, 4) is 5.75 Å². The zero-order chi connectivity index (χ0) is 12.3. The normalized spacial score (nSPS) is 16.1. The van der Waals surface area contributed by atoms with Crippen LogP contribution < -0.4 is 10.6 Å². The van der Waals surface area contributed by atoms with Gasteiger partial charge in [0, 0.05) is 31.9 Å². The molecule has 2 rings (SSSR count). The Kier molecular flexibility index (Phi) is 3.49. The third kappa shape index (κ3) is 2.68. The number of piperazine rings is 1. The molecule has 1 amide bonds. The molecule has 5 nitrogen and oxygen atoms in total. The number of carbonyl (C=O) groups excluding carboxylic acids is 1. The maximum absolute atomic E-state index is 11.4. The van der Waals surface area contributed by atoms with Crippen LogP contribution in [0.4, 0.5) is 5.69 Å². The van der Waals surface area contributed by atoms with E-state index < -0.39 is 0 Å². The largest absolute Gasteiger partial charge is 0.508 e. The fraction of sp³-hybridized carbons (Fsp3) is 0.417. The van der Waals surface area contributed by atoms with Gasteiger partial charge in [-0.1, -0.05) is 0 Å². The number of phenolic OH excluding ortho intramolecular Hbond substituents is 1. The second-order valence-corrected chi connectivity index (χ2v) is 4.09. The van der Waals surface area contributed by atoms with Crippen molar-refractivity contribution in [1.82, 2.24) is 4.90 Å². The number of hydrogen-bond acceptors (Lipinski definition) is 4. The average Bonchev–Trinajstić information content (AvgIpc) is 2.39. The zero-order valence-corrected chi connectivity index (χ0v) is 9.67. The zero-order valence-electron chi connectivity index (χ0n) is 9.67. The second-order valence-electron chi connectivity index (χ2n) is 4.09. The Morgan fingerprint density at radius 3 is 2.29 bits per heavy atom. The number of phenols is 1. The number of benzene rings is 1. The number of nitrogens with two attached hydrogens (primary N) is 1. The molecule has 1 saturated heterocycles. The van der Waals surface area contributed by atoms with E-state index in [1.54, 1.807) is 17.0 Å². The number of rotatable bonds is 2. The van der Waals surface area contributed by atoms with E-state index in [9.17, 15) is 9.90 Å². The van der Waals surface area contributed by atoms with Crippen LogP contribution in [0.25, 0.3) is 0 Å². The van der Waals surface area contributed by atoms with Gasteiger partial charge in [0.2, 0.25) is 5.91 Å². The highest BCUT2D eigenvalue weighted by molar-refractivity contribution is 5.78. The summed E-state index contributed by atoms with van der Waals surface area (Å²) in [4.78, 5) is 15.4. The molecule has 17 heavy (non-hydrogen) atoms. The highest BCUT2D eigenvalue weighted by atomic mass is 16.3. The molecule has 0 aromatic heterocycles. The predicted octanol–water partition coefficient (Wildman–Crippen LogP) is -0.000500. The van der Waals surface area contributed by atoms with Gasteiger partial charge in [-0.15, -0.1) is 0 Å². The smallest absolute Gasteiger partial charge is 0.236 e. The van der Waals surface area contributed by atoms with Crippen molar-refractivity contribution in [3.05, 3.63) is 24.3 Å². The van der Waals surface area contributed by atoms with E-state index in [0.717, 1.165) is 18.8 Å². The minimum Gasteiger partial charge on any atom is -0.508 e. The lowest BCUT2D eigenvalue weighted by molar-refractivity contribution is -0.129. The average molecular weight is 235 g/mol. The molecule has 1 fully saturated rings. The highest BCUT2D eigenvalue weighted by Gasteiger charge is 2.19. The molecule has 1 aliphatic heterocycles. The van der Waals surface area contributed by atoms with E-state index in [2.05, 4.69) is 4.90 Å². The molecule has 0 radical (unpaired) electrons. The Morgan fingerprint density at radius 2 is 1.76 bits per heavy atom. The summed E-state index contributed by atoms with van der Waals surface area (Å²) in [5.74, 6) is 0.279. The molecular formula is C12H17N3O2. The van der Waals surface area contributed by atoms with Crippen LogP contribution in [0.5, 0.6) is 5.75 Å². The molecule has 5 heteroatoms. The maximum atomic E-state index is 11.4. The van der Waals surface area contributed by atoms with Gasteiger partial charge in [-0.2, -0.15) is 0 Å². The molecule has 3 N–H and O–H groups in total. The van der Waals surface area contributed by atoms with Crippen LogP contribution in [-0.2, 0) is 4.79 Å². The van der Waals surface area contributed by atoms with Crippen LogP contribution in [0.15, 0.2) is 24.3 Å². The Balaban J connectivity index is 1.95. The Hall–Kier alpha value is -1.75. The van der Waals surface area contributed by atoms with Gasteiger partial charge in [0.25, 0.3) is 0 Å². The minimum absolute atomic E-state index is 0.00959. The monoisotopic (exact) mass is 235 g/mol. The van der Waals surface area contributed by atoms with Crippen molar-refractivity contribution in [2.75, 3.05) is 37.6 Å². The maximum Gasteiger partial charge on any atom is 0.236 e. The Bertz CT molecular complexity index is 383. The van der Waals surface area contributed by atoms with Crippen LogP contribution in [0, 0.1) is 0 Å². The summed E-state index contributed by atoms with van der Waals surface area (Å²) < 4.78 is 0. The van der Waals surface area contributed by atoms with E-state index in [1.807, 2.05) is 12.1 Å². The molecule has 0 unspecified atom stereocenters. The van der Waals surface area contributed by atoms with Gasteiger partial charge in [0.15, 0.2) is 0 Å². The topological polar surface area (TPSA) is 69.8 Å². The number of hydrogen-bond donors (Lipinski definition) is 2. The molecule has 1 aliphatic rings. The molecule has 1 aromatic rings. The standard InChI is InChI=1S/C12H17N3O2/c13-9-12(17)15-7-5-14(6-8-15)10-1-3-11(16)4-2-10/h1-4,16H,5-9,13H2. The summed E-state index contributed by atoms with van der Waals surface area (Å²) in [7, 11) is 0.